The first-order chi connectivity index (χ1) is 7.76. The molecule has 0 N–H and O–H groups in total. The highest BCUT2D eigenvalue weighted by Gasteiger charge is 2.10. The lowest BCUT2D eigenvalue weighted by Gasteiger charge is -2.18. The molecule has 0 bridgehead atoms. The van der Waals surface area contributed by atoms with Gasteiger partial charge in [-0.15, -0.1) is 0 Å². The Hall–Kier alpha value is -1.42. The highest BCUT2D eigenvalue weighted by atomic mass is 16.5. The summed E-state index contributed by atoms with van der Waals surface area (Å²) in [4.78, 5) is 17.5. The molecule has 1 aromatic heterocycles. The van der Waals surface area contributed by atoms with Crippen molar-refractivity contribution in [3.05, 3.63) is 30.1 Å². The molecule has 16 heavy (non-hydrogen) atoms. The van der Waals surface area contributed by atoms with E-state index in [9.17, 15) is 4.79 Å². The van der Waals surface area contributed by atoms with Crippen LogP contribution in [0.4, 0.5) is 0 Å². The van der Waals surface area contributed by atoms with E-state index in [1.807, 2.05) is 36.9 Å². The number of esters is 1. The SMILES string of the molecule is CCOC(=O)CN(CC)Cc1ccccn1. The van der Waals surface area contributed by atoms with Crippen molar-refractivity contribution in [2.45, 2.75) is 20.4 Å². The van der Waals surface area contributed by atoms with Crippen LogP contribution in [-0.2, 0) is 16.1 Å². The van der Waals surface area contributed by atoms with Crippen molar-refractivity contribution in [2.24, 2.45) is 0 Å². The molecule has 4 heteroatoms. The van der Waals surface area contributed by atoms with Gasteiger partial charge in [-0.3, -0.25) is 14.7 Å². The maximum absolute atomic E-state index is 11.3. The molecule has 0 aromatic carbocycles. The van der Waals surface area contributed by atoms with Crippen molar-refractivity contribution in [1.29, 1.82) is 0 Å². The smallest absolute Gasteiger partial charge is 0.320 e. The van der Waals surface area contributed by atoms with E-state index < -0.39 is 0 Å². The molecule has 4 nitrogen and oxygen atoms in total. The van der Waals surface area contributed by atoms with Crippen LogP contribution in [0.3, 0.4) is 0 Å². The summed E-state index contributed by atoms with van der Waals surface area (Å²) >= 11 is 0. The minimum Gasteiger partial charge on any atom is -0.465 e. The second kappa shape index (κ2) is 6.95. The Morgan fingerprint density at radius 1 is 1.44 bits per heavy atom. The number of carbonyl (C=O) groups is 1. The second-order valence-corrected chi connectivity index (χ2v) is 3.43. The summed E-state index contributed by atoms with van der Waals surface area (Å²) in [5, 5.41) is 0. The molecule has 0 spiro atoms. The summed E-state index contributed by atoms with van der Waals surface area (Å²) in [6, 6.07) is 5.78. The third-order valence-electron chi connectivity index (χ3n) is 2.22. The molecule has 0 amide bonds. The minimum atomic E-state index is -0.180. The molecule has 1 heterocycles. The highest BCUT2D eigenvalue weighted by molar-refractivity contribution is 5.71. The minimum absolute atomic E-state index is 0.180. The second-order valence-electron chi connectivity index (χ2n) is 3.43. The fourth-order valence-electron chi connectivity index (χ4n) is 1.39. The van der Waals surface area contributed by atoms with Crippen LogP contribution in [-0.4, -0.2) is 35.5 Å². The molecule has 1 aromatic rings. The van der Waals surface area contributed by atoms with Crippen LogP contribution in [0.25, 0.3) is 0 Å². The number of hydrogen-bond donors (Lipinski definition) is 0. The quantitative estimate of drug-likeness (QED) is 0.683. The average molecular weight is 222 g/mol. The summed E-state index contributed by atoms with van der Waals surface area (Å²) in [6.07, 6.45) is 1.76. The maximum atomic E-state index is 11.3. The lowest BCUT2D eigenvalue weighted by atomic mass is 10.3. The molecule has 0 atom stereocenters. The molecule has 1 rings (SSSR count). The predicted molar refractivity (Wildman–Crippen MR) is 61.8 cm³/mol. The molecule has 0 fully saturated rings. The number of pyridine rings is 1. The summed E-state index contributed by atoms with van der Waals surface area (Å²) in [5.41, 5.74) is 0.966. The van der Waals surface area contributed by atoms with Gasteiger partial charge in [-0.25, -0.2) is 0 Å². The molecule has 88 valence electrons. The first-order valence-electron chi connectivity index (χ1n) is 5.54. The first kappa shape index (κ1) is 12.6. The van der Waals surface area contributed by atoms with Crippen molar-refractivity contribution < 1.29 is 9.53 Å². The fourth-order valence-corrected chi connectivity index (χ4v) is 1.39. The summed E-state index contributed by atoms with van der Waals surface area (Å²) in [5.74, 6) is -0.180. The van der Waals surface area contributed by atoms with E-state index in [1.54, 1.807) is 6.20 Å². The number of ether oxygens (including phenoxy) is 1. The number of hydrogen-bond acceptors (Lipinski definition) is 4. The Bertz CT molecular complexity index is 314. The molecule has 0 saturated carbocycles. The van der Waals surface area contributed by atoms with Crippen molar-refractivity contribution >= 4 is 5.97 Å². The first-order valence-corrected chi connectivity index (χ1v) is 5.54. The highest BCUT2D eigenvalue weighted by Crippen LogP contribution is 2.00. The maximum Gasteiger partial charge on any atom is 0.320 e. The van der Waals surface area contributed by atoms with Gasteiger partial charge in [0, 0.05) is 12.7 Å². The van der Waals surface area contributed by atoms with E-state index in [2.05, 4.69) is 4.98 Å². The molecule has 0 saturated heterocycles. The average Bonchev–Trinajstić information content (AvgIpc) is 2.30. The number of likely N-dealkylation sites (N-methyl/N-ethyl adjacent to an activating group) is 1. The largest absolute Gasteiger partial charge is 0.465 e. The van der Waals surface area contributed by atoms with Gasteiger partial charge in [0.25, 0.3) is 0 Å². The Balaban J connectivity index is 2.46. The zero-order chi connectivity index (χ0) is 11.8. The molecule has 0 aliphatic carbocycles. The molecule has 0 aliphatic heterocycles. The number of nitrogens with zero attached hydrogens (tertiary/aromatic N) is 2. The van der Waals surface area contributed by atoms with Crippen LogP contribution in [0, 0.1) is 0 Å². The van der Waals surface area contributed by atoms with Gasteiger partial charge in [0.1, 0.15) is 0 Å². The van der Waals surface area contributed by atoms with Crippen LogP contribution >= 0.6 is 0 Å². The van der Waals surface area contributed by atoms with E-state index in [4.69, 9.17) is 4.74 Å². The summed E-state index contributed by atoms with van der Waals surface area (Å²) < 4.78 is 4.91. The number of aromatic nitrogens is 1. The lowest BCUT2D eigenvalue weighted by Crippen LogP contribution is -2.30. The van der Waals surface area contributed by atoms with E-state index >= 15 is 0 Å². The van der Waals surface area contributed by atoms with Crippen LogP contribution in [0.5, 0.6) is 0 Å². The van der Waals surface area contributed by atoms with Crippen LogP contribution < -0.4 is 0 Å². The van der Waals surface area contributed by atoms with Crippen LogP contribution in [0.15, 0.2) is 24.4 Å². The van der Waals surface area contributed by atoms with Gasteiger partial charge in [-0.1, -0.05) is 13.0 Å². The van der Waals surface area contributed by atoms with Gasteiger partial charge < -0.3 is 4.74 Å². The Morgan fingerprint density at radius 2 is 2.25 bits per heavy atom. The Morgan fingerprint density at radius 3 is 2.81 bits per heavy atom. The van der Waals surface area contributed by atoms with E-state index in [1.165, 1.54) is 0 Å². The number of carbonyl (C=O) groups excluding carboxylic acids is 1. The zero-order valence-corrected chi connectivity index (χ0v) is 9.85. The van der Waals surface area contributed by atoms with Crippen molar-refractivity contribution in [3.63, 3.8) is 0 Å². The standard InChI is InChI=1S/C12H18N2O2/c1-3-14(10-12(15)16-4-2)9-11-7-5-6-8-13-11/h5-8H,3-4,9-10H2,1-2H3. The van der Waals surface area contributed by atoms with E-state index in [0.29, 0.717) is 19.7 Å². The molecule has 0 aliphatic rings. The third kappa shape index (κ3) is 4.40. The van der Waals surface area contributed by atoms with E-state index in [0.717, 1.165) is 12.2 Å². The van der Waals surface area contributed by atoms with Crippen molar-refractivity contribution in [3.8, 4) is 0 Å². The van der Waals surface area contributed by atoms with Crippen LogP contribution in [0.2, 0.25) is 0 Å². The topological polar surface area (TPSA) is 42.4 Å². The third-order valence-corrected chi connectivity index (χ3v) is 2.22. The van der Waals surface area contributed by atoms with Crippen molar-refractivity contribution in [1.82, 2.24) is 9.88 Å². The summed E-state index contributed by atoms with van der Waals surface area (Å²) in [7, 11) is 0. The molecular formula is C12H18N2O2. The Labute approximate surface area is 96.2 Å². The Kier molecular flexibility index (Phi) is 5.50. The van der Waals surface area contributed by atoms with Gasteiger partial charge in [-0.05, 0) is 25.6 Å². The molecule has 0 radical (unpaired) electrons. The van der Waals surface area contributed by atoms with Gasteiger partial charge in [0.2, 0.25) is 0 Å². The van der Waals surface area contributed by atoms with Gasteiger partial charge >= 0.3 is 5.97 Å². The van der Waals surface area contributed by atoms with Crippen molar-refractivity contribution in [2.75, 3.05) is 19.7 Å². The van der Waals surface area contributed by atoms with Gasteiger partial charge in [0.15, 0.2) is 0 Å². The van der Waals surface area contributed by atoms with Gasteiger partial charge in [-0.2, -0.15) is 0 Å². The fraction of sp³-hybridized carbons (Fsp3) is 0.500. The van der Waals surface area contributed by atoms with Gasteiger partial charge in [0.05, 0.1) is 18.8 Å². The molecule has 0 unspecified atom stereocenters. The molecular weight excluding hydrogens is 204 g/mol. The summed E-state index contributed by atoms with van der Waals surface area (Å²) in [6.45, 7) is 6.06. The normalized spacial score (nSPS) is 10.4. The predicted octanol–water partition coefficient (Wildman–Crippen LogP) is 1.47. The number of rotatable bonds is 6. The lowest BCUT2D eigenvalue weighted by molar-refractivity contribution is -0.144. The zero-order valence-electron chi connectivity index (χ0n) is 9.85. The van der Waals surface area contributed by atoms with Crippen LogP contribution in [0.1, 0.15) is 19.5 Å². The van der Waals surface area contributed by atoms with E-state index in [-0.39, 0.29) is 5.97 Å². The monoisotopic (exact) mass is 222 g/mol.